The van der Waals surface area contributed by atoms with Gasteiger partial charge in [0.2, 0.25) is 0 Å². The van der Waals surface area contributed by atoms with Crippen LogP contribution >= 0.6 is 0 Å². The molecule has 62 valence electrons. The van der Waals surface area contributed by atoms with Crippen molar-refractivity contribution >= 4 is 0 Å². The lowest BCUT2D eigenvalue weighted by Crippen LogP contribution is -1.70. The van der Waals surface area contributed by atoms with Crippen LogP contribution in [0.25, 0.3) is 0 Å². The van der Waals surface area contributed by atoms with E-state index in [1.807, 2.05) is 6.08 Å². The number of rotatable bonds is 4. The SMILES string of the molecule is CCC=CC#CCCCCC. The summed E-state index contributed by atoms with van der Waals surface area (Å²) in [6.45, 7) is 4.33. The Morgan fingerprint density at radius 1 is 1.18 bits per heavy atom. The van der Waals surface area contributed by atoms with Gasteiger partial charge >= 0.3 is 0 Å². The van der Waals surface area contributed by atoms with Crippen LogP contribution in [0.15, 0.2) is 12.2 Å². The Bertz CT molecular complexity index is 143. The Morgan fingerprint density at radius 2 is 2.00 bits per heavy atom. The first-order valence-corrected chi connectivity index (χ1v) is 4.55. The lowest BCUT2D eigenvalue weighted by Gasteiger charge is -1.87. The third-order valence-corrected chi connectivity index (χ3v) is 1.44. The summed E-state index contributed by atoms with van der Waals surface area (Å²) in [5.41, 5.74) is 0. The van der Waals surface area contributed by atoms with E-state index in [0.29, 0.717) is 0 Å². The lowest BCUT2D eigenvalue weighted by molar-refractivity contribution is 0.737. The molecule has 0 nitrogen and oxygen atoms in total. The largest absolute Gasteiger partial charge is 0.0985 e. The fourth-order valence-corrected chi connectivity index (χ4v) is 0.771. The van der Waals surface area contributed by atoms with Crippen molar-refractivity contribution in [1.29, 1.82) is 0 Å². The molecule has 0 heteroatoms. The van der Waals surface area contributed by atoms with Gasteiger partial charge in [-0.15, -0.1) is 0 Å². The van der Waals surface area contributed by atoms with Crippen LogP contribution < -0.4 is 0 Å². The summed E-state index contributed by atoms with van der Waals surface area (Å²) in [5, 5.41) is 0. The van der Waals surface area contributed by atoms with Crippen molar-refractivity contribution in [1.82, 2.24) is 0 Å². The molecule has 0 heterocycles. The van der Waals surface area contributed by atoms with Gasteiger partial charge in [0.15, 0.2) is 0 Å². The fraction of sp³-hybridized carbons (Fsp3) is 0.636. The molecule has 0 saturated heterocycles. The summed E-state index contributed by atoms with van der Waals surface area (Å²) < 4.78 is 0. The molecule has 0 radical (unpaired) electrons. The third kappa shape index (κ3) is 9.30. The normalized spacial score (nSPS) is 9.64. The summed E-state index contributed by atoms with van der Waals surface area (Å²) in [6, 6.07) is 0. The van der Waals surface area contributed by atoms with E-state index in [9.17, 15) is 0 Å². The molecule has 0 bridgehead atoms. The van der Waals surface area contributed by atoms with Crippen LogP contribution in [0.4, 0.5) is 0 Å². The van der Waals surface area contributed by atoms with Gasteiger partial charge in [0, 0.05) is 6.42 Å². The molecule has 0 fully saturated rings. The summed E-state index contributed by atoms with van der Waals surface area (Å²) >= 11 is 0. The summed E-state index contributed by atoms with van der Waals surface area (Å²) in [5.74, 6) is 6.13. The second kappa shape index (κ2) is 9.30. The van der Waals surface area contributed by atoms with Crippen LogP contribution in [0.5, 0.6) is 0 Å². The van der Waals surface area contributed by atoms with E-state index in [1.165, 1.54) is 19.3 Å². The summed E-state index contributed by atoms with van der Waals surface area (Å²) in [4.78, 5) is 0. The van der Waals surface area contributed by atoms with E-state index >= 15 is 0 Å². The van der Waals surface area contributed by atoms with Crippen LogP contribution in [0, 0.1) is 11.8 Å². The molecule has 0 aliphatic heterocycles. The molecular formula is C11H18. The highest BCUT2D eigenvalue weighted by Gasteiger charge is 1.78. The number of hydrogen-bond acceptors (Lipinski definition) is 0. The van der Waals surface area contributed by atoms with Crippen molar-refractivity contribution < 1.29 is 0 Å². The van der Waals surface area contributed by atoms with E-state index in [1.54, 1.807) is 0 Å². The second-order valence-electron chi connectivity index (χ2n) is 2.59. The molecule has 0 aliphatic rings. The molecule has 0 spiro atoms. The van der Waals surface area contributed by atoms with Gasteiger partial charge in [0.25, 0.3) is 0 Å². The Kier molecular flexibility index (Phi) is 8.71. The maximum Gasteiger partial charge on any atom is 0.00922 e. The first-order valence-electron chi connectivity index (χ1n) is 4.55. The molecule has 11 heavy (non-hydrogen) atoms. The minimum Gasteiger partial charge on any atom is -0.0985 e. The van der Waals surface area contributed by atoms with E-state index < -0.39 is 0 Å². The van der Waals surface area contributed by atoms with E-state index in [2.05, 4.69) is 31.8 Å². The Labute approximate surface area is 70.7 Å². The molecule has 0 atom stereocenters. The predicted molar refractivity (Wildman–Crippen MR) is 51.3 cm³/mol. The number of allylic oxidation sites excluding steroid dienone is 2. The highest BCUT2D eigenvalue weighted by Crippen LogP contribution is 1.96. The molecule has 0 aromatic rings. The Balaban J connectivity index is 3.19. The van der Waals surface area contributed by atoms with Gasteiger partial charge in [0.1, 0.15) is 0 Å². The highest BCUT2D eigenvalue weighted by molar-refractivity contribution is 5.14. The smallest absolute Gasteiger partial charge is 0.00922 e. The Hall–Kier alpha value is -0.700. The average Bonchev–Trinajstić information content (AvgIpc) is 2.03. The first kappa shape index (κ1) is 10.3. The quantitative estimate of drug-likeness (QED) is 0.425. The zero-order valence-corrected chi connectivity index (χ0v) is 7.69. The molecule has 0 amide bonds. The molecule has 0 rings (SSSR count). The van der Waals surface area contributed by atoms with Crippen molar-refractivity contribution in [3.63, 3.8) is 0 Å². The minimum absolute atomic E-state index is 1.06. The van der Waals surface area contributed by atoms with Crippen LogP contribution in [0.3, 0.4) is 0 Å². The third-order valence-electron chi connectivity index (χ3n) is 1.44. The van der Waals surface area contributed by atoms with Gasteiger partial charge in [0.05, 0.1) is 0 Å². The predicted octanol–water partition coefficient (Wildman–Crippen LogP) is 3.54. The standard InChI is InChI=1S/C11H18/c1-3-5-7-9-11-10-8-6-4-2/h5,7H,3-4,6,8,10H2,1-2H3. The van der Waals surface area contributed by atoms with Gasteiger partial charge < -0.3 is 0 Å². The maximum atomic E-state index is 3.12. The van der Waals surface area contributed by atoms with E-state index in [0.717, 1.165) is 12.8 Å². The molecule has 0 aromatic heterocycles. The topological polar surface area (TPSA) is 0 Å². The zero-order chi connectivity index (χ0) is 8.36. The molecular weight excluding hydrogens is 132 g/mol. The molecule has 0 saturated carbocycles. The monoisotopic (exact) mass is 150 g/mol. The summed E-state index contributed by atoms with van der Waals surface area (Å²) in [6.07, 6.45) is 10.0. The van der Waals surface area contributed by atoms with Crippen molar-refractivity contribution in [3.05, 3.63) is 12.2 Å². The molecule has 0 N–H and O–H groups in total. The highest BCUT2D eigenvalue weighted by atomic mass is 13.8. The lowest BCUT2D eigenvalue weighted by atomic mass is 10.2. The number of hydrogen-bond donors (Lipinski definition) is 0. The van der Waals surface area contributed by atoms with Crippen molar-refractivity contribution in [3.8, 4) is 11.8 Å². The van der Waals surface area contributed by atoms with E-state index in [-0.39, 0.29) is 0 Å². The minimum atomic E-state index is 1.06. The van der Waals surface area contributed by atoms with Crippen LogP contribution in [0.1, 0.15) is 46.0 Å². The average molecular weight is 150 g/mol. The van der Waals surface area contributed by atoms with E-state index in [4.69, 9.17) is 0 Å². The zero-order valence-electron chi connectivity index (χ0n) is 7.69. The van der Waals surface area contributed by atoms with Crippen LogP contribution in [-0.2, 0) is 0 Å². The van der Waals surface area contributed by atoms with Gasteiger partial charge in [-0.05, 0) is 18.9 Å². The van der Waals surface area contributed by atoms with Crippen molar-refractivity contribution in [2.75, 3.05) is 0 Å². The fourth-order valence-electron chi connectivity index (χ4n) is 0.771. The van der Waals surface area contributed by atoms with Gasteiger partial charge in [-0.1, -0.05) is 44.6 Å². The van der Waals surface area contributed by atoms with Crippen LogP contribution in [0.2, 0.25) is 0 Å². The first-order chi connectivity index (χ1) is 5.41. The Morgan fingerprint density at radius 3 is 2.64 bits per heavy atom. The van der Waals surface area contributed by atoms with Gasteiger partial charge in [-0.25, -0.2) is 0 Å². The van der Waals surface area contributed by atoms with Crippen LogP contribution in [-0.4, -0.2) is 0 Å². The summed E-state index contributed by atoms with van der Waals surface area (Å²) in [7, 11) is 0. The van der Waals surface area contributed by atoms with Crippen molar-refractivity contribution in [2.45, 2.75) is 46.0 Å². The van der Waals surface area contributed by atoms with Gasteiger partial charge in [-0.3, -0.25) is 0 Å². The van der Waals surface area contributed by atoms with Gasteiger partial charge in [-0.2, -0.15) is 0 Å². The maximum absolute atomic E-state index is 3.12. The molecule has 0 unspecified atom stereocenters. The number of unbranched alkanes of at least 4 members (excludes halogenated alkanes) is 3. The second-order valence-corrected chi connectivity index (χ2v) is 2.59. The molecule has 0 aromatic carbocycles. The molecule has 0 aliphatic carbocycles. The van der Waals surface area contributed by atoms with Crippen molar-refractivity contribution in [2.24, 2.45) is 0 Å².